The summed E-state index contributed by atoms with van der Waals surface area (Å²) >= 11 is 6.25. The van der Waals surface area contributed by atoms with Gasteiger partial charge in [0.1, 0.15) is 6.61 Å². The zero-order valence-electron chi connectivity index (χ0n) is 15.3. The molecule has 0 unspecified atom stereocenters. The van der Waals surface area contributed by atoms with Crippen LogP contribution in [0.2, 0.25) is 5.02 Å². The Morgan fingerprint density at radius 3 is 2.61 bits per heavy atom. The van der Waals surface area contributed by atoms with E-state index in [0.29, 0.717) is 5.69 Å². The van der Waals surface area contributed by atoms with E-state index in [9.17, 15) is 4.79 Å². The van der Waals surface area contributed by atoms with Crippen LogP contribution in [0.25, 0.3) is 11.6 Å². The van der Waals surface area contributed by atoms with Crippen LogP contribution in [0.3, 0.4) is 0 Å². The fraction of sp³-hybridized carbons (Fsp3) is 0.125. The average molecular weight is 390 g/mol. The molecule has 140 valence electrons. The monoisotopic (exact) mass is 389 g/mol. The number of halogens is 1. The van der Waals surface area contributed by atoms with Crippen LogP contribution < -0.4 is 5.32 Å². The van der Waals surface area contributed by atoms with Gasteiger partial charge < -0.3 is 10.4 Å². The summed E-state index contributed by atoms with van der Waals surface area (Å²) in [6.45, 7) is -0.535. The number of rotatable bonds is 3. The fourth-order valence-corrected chi connectivity index (χ4v) is 3.87. The molecular weight excluding hydrogens is 370 g/mol. The number of aliphatic hydroxyl groups is 1. The molecule has 0 aromatic heterocycles. The summed E-state index contributed by atoms with van der Waals surface area (Å²) in [6, 6.07) is 22.1. The molecule has 0 spiro atoms. The first-order valence-electron chi connectivity index (χ1n) is 9.23. The molecule has 1 aliphatic rings. The summed E-state index contributed by atoms with van der Waals surface area (Å²) in [7, 11) is 0. The molecule has 0 radical (unpaired) electrons. The number of benzene rings is 3. The summed E-state index contributed by atoms with van der Waals surface area (Å²) in [5.74, 6) is -0.426. The molecular formula is C24H20ClNO2. The van der Waals surface area contributed by atoms with E-state index in [-0.39, 0.29) is 0 Å². The van der Waals surface area contributed by atoms with Gasteiger partial charge in [0.25, 0.3) is 0 Å². The van der Waals surface area contributed by atoms with Crippen molar-refractivity contribution in [1.82, 2.24) is 0 Å². The minimum atomic E-state index is -0.535. The van der Waals surface area contributed by atoms with Gasteiger partial charge in [0.15, 0.2) is 0 Å². The topological polar surface area (TPSA) is 49.3 Å². The standard InChI is InChI=1S/C24H20ClNO2/c25-19-10-11-22-18(14-19)9-8-17-5-1-2-7-21(17)23(22)13-16-4-3-6-20(12-16)26-24(28)15-27/h1-7,10-14,27H,8-9,15H2,(H,26,28). The first-order valence-corrected chi connectivity index (χ1v) is 9.61. The number of aliphatic hydroxyl groups excluding tert-OH is 1. The summed E-state index contributed by atoms with van der Waals surface area (Å²) in [4.78, 5) is 11.5. The van der Waals surface area contributed by atoms with Gasteiger partial charge in [0.05, 0.1) is 0 Å². The Morgan fingerprint density at radius 1 is 0.964 bits per heavy atom. The Kier molecular flexibility index (Phi) is 5.29. The van der Waals surface area contributed by atoms with E-state index < -0.39 is 12.5 Å². The number of carbonyl (C=O) groups excluding carboxylic acids is 1. The summed E-state index contributed by atoms with van der Waals surface area (Å²) in [5.41, 5.74) is 7.72. The predicted octanol–water partition coefficient (Wildman–Crippen LogP) is 4.96. The molecule has 1 aliphatic carbocycles. The van der Waals surface area contributed by atoms with Crippen molar-refractivity contribution in [2.45, 2.75) is 12.8 Å². The molecule has 4 rings (SSSR count). The highest BCUT2D eigenvalue weighted by Gasteiger charge is 2.18. The van der Waals surface area contributed by atoms with Gasteiger partial charge in [-0.1, -0.05) is 54.1 Å². The third kappa shape index (κ3) is 3.86. The van der Waals surface area contributed by atoms with Gasteiger partial charge in [-0.2, -0.15) is 0 Å². The second-order valence-electron chi connectivity index (χ2n) is 6.85. The van der Waals surface area contributed by atoms with Crippen molar-refractivity contribution in [2.75, 3.05) is 11.9 Å². The lowest BCUT2D eigenvalue weighted by molar-refractivity contribution is -0.118. The molecule has 1 amide bonds. The number of aryl methyl sites for hydroxylation is 2. The Hall–Kier alpha value is -2.88. The van der Waals surface area contributed by atoms with Crippen molar-refractivity contribution >= 4 is 34.8 Å². The normalized spacial score (nSPS) is 14.1. The van der Waals surface area contributed by atoms with E-state index >= 15 is 0 Å². The molecule has 4 heteroatoms. The van der Waals surface area contributed by atoms with Crippen molar-refractivity contribution in [3.05, 3.63) is 99.6 Å². The molecule has 0 saturated heterocycles. The van der Waals surface area contributed by atoms with Crippen LogP contribution in [-0.2, 0) is 17.6 Å². The van der Waals surface area contributed by atoms with Gasteiger partial charge in [-0.25, -0.2) is 0 Å². The van der Waals surface area contributed by atoms with Gasteiger partial charge in [-0.05, 0) is 76.6 Å². The average Bonchev–Trinajstić information content (AvgIpc) is 2.85. The first kappa shape index (κ1) is 18.5. The van der Waals surface area contributed by atoms with Crippen LogP contribution >= 0.6 is 11.6 Å². The molecule has 0 aliphatic heterocycles. The zero-order chi connectivity index (χ0) is 19.5. The first-order chi connectivity index (χ1) is 13.6. The number of nitrogens with one attached hydrogen (secondary N) is 1. The number of hydrogen-bond donors (Lipinski definition) is 2. The Labute approximate surface area is 169 Å². The van der Waals surface area contributed by atoms with Gasteiger partial charge in [0, 0.05) is 10.7 Å². The van der Waals surface area contributed by atoms with Crippen molar-refractivity contribution in [1.29, 1.82) is 0 Å². The smallest absolute Gasteiger partial charge is 0.250 e. The highest BCUT2D eigenvalue weighted by Crippen LogP contribution is 2.36. The van der Waals surface area contributed by atoms with E-state index in [1.807, 2.05) is 30.3 Å². The summed E-state index contributed by atoms with van der Waals surface area (Å²) < 4.78 is 0. The molecule has 3 aromatic rings. The van der Waals surface area contributed by atoms with Gasteiger partial charge >= 0.3 is 0 Å². The quantitative estimate of drug-likeness (QED) is 0.665. The van der Waals surface area contributed by atoms with Crippen LogP contribution in [0.15, 0.2) is 66.7 Å². The Bertz CT molecular complexity index is 1070. The minimum absolute atomic E-state index is 0.426. The highest BCUT2D eigenvalue weighted by molar-refractivity contribution is 6.30. The zero-order valence-corrected chi connectivity index (χ0v) is 16.0. The Balaban J connectivity index is 1.84. The van der Waals surface area contributed by atoms with Crippen molar-refractivity contribution < 1.29 is 9.90 Å². The van der Waals surface area contributed by atoms with E-state index in [1.54, 1.807) is 0 Å². The summed E-state index contributed by atoms with van der Waals surface area (Å²) in [5, 5.41) is 12.4. The van der Waals surface area contributed by atoms with Crippen LogP contribution in [0.4, 0.5) is 5.69 Å². The molecule has 0 saturated carbocycles. The van der Waals surface area contributed by atoms with E-state index in [0.717, 1.165) is 29.0 Å². The molecule has 28 heavy (non-hydrogen) atoms. The second-order valence-corrected chi connectivity index (χ2v) is 7.28. The maximum Gasteiger partial charge on any atom is 0.250 e. The van der Waals surface area contributed by atoms with Crippen LogP contribution in [0, 0.1) is 0 Å². The van der Waals surface area contributed by atoms with Gasteiger partial charge in [0.2, 0.25) is 5.91 Å². The SMILES string of the molecule is O=C(CO)Nc1cccc(C=C2c3ccccc3CCc3cc(Cl)ccc32)c1. The highest BCUT2D eigenvalue weighted by atomic mass is 35.5. The van der Waals surface area contributed by atoms with Crippen LogP contribution in [0.1, 0.15) is 27.8 Å². The van der Waals surface area contributed by atoms with E-state index in [1.165, 1.54) is 22.3 Å². The minimum Gasteiger partial charge on any atom is -0.387 e. The fourth-order valence-electron chi connectivity index (χ4n) is 3.68. The van der Waals surface area contributed by atoms with Crippen molar-refractivity contribution in [3.8, 4) is 0 Å². The Morgan fingerprint density at radius 2 is 1.75 bits per heavy atom. The molecule has 0 heterocycles. The lowest BCUT2D eigenvalue weighted by atomic mass is 9.92. The van der Waals surface area contributed by atoms with E-state index in [4.69, 9.17) is 16.7 Å². The number of amides is 1. The lowest BCUT2D eigenvalue weighted by Gasteiger charge is -2.13. The molecule has 0 fully saturated rings. The van der Waals surface area contributed by atoms with Crippen molar-refractivity contribution in [3.63, 3.8) is 0 Å². The van der Waals surface area contributed by atoms with Gasteiger partial charge in [-0.15, -0.1) is 0 Å². The number of hydrogen-bond acceptors (Lipinski definition) is 2. The lowest BCUT2D eigenvalue weighted by Crippen LogP contribution is -2.15. The third-order valence-electron chi connectivity index (χ3n) is 4.95. The van der Waals surface area contributed by atoms with Gasteiger partial charge in [-0.3, -0.25) is 4.79 Å². The third-order valence-corrected chi connectivity index (χ3v) is 5.19. The molecule has 0 atom stereocenters. The second kappa shape index (κ2) is 8.01. The van der Waals surface area contributed by atoms with Crippen LogP contribution in [0.5, 0.6) is 0 Å². The number of fused-ring (bicyclic) bond motifs is 2. The number of anilines is 1. The largest absolute Gasteiger partial charge is 0.387 e. The predicted molar refractivity (Wildman–Crippen MR) is 114 cm³/mol. The molecule has 2 N–H and O–H groups in total. The summed E-state index contributed by atoms with van der Waals surface area (Å²) in [6.07, 6.45) is 4.05. The molecule has 3 nitrogen and oxygen atoms in total. The molecule has 0 bridgehead atoms. The number of carbonyl (C=O) groups is 1. The van der Waals surface area contributed by atoms with E-state index in [2.05, 4.69) is 47.8 Å². The maximum absolute atomic E-state index is 11.5. The van der Waals surface area contributed by atoms with Crippen LogP contribution in [-0.4, -0.2) is 17.6 Å². The molecule has 3 aromatic carbocycles. The van der Waals surface area contributed by atoms with Crippen molar-refractivity contribution in [2.24, 2.45) is 0 Å². The maximum atomic E-state index is 11.5.